The minimum absolute atomic E-state index is 0.228. The van der Waals surface area contributed by atoms with Crippen molar-refractivity contribution < 1.29 is 14.3 Å². The van der Waals surface area contributed by atoms with Crippen LogP contribution in [0.3, 0.4) is 0 Å². The highest BCUT2D eigenvalue weighted by molar-refractivity contribution is 5.69. The monoisotopic (exact) mass is 267 g/mol. The zero-order chi connectivity index (χ0) is 14.3. The highest BCUT2D eigenvalue weighted by atomic mass is 16.5. The van der Waals surface area contributed by atoms with Crippen molar-refractivity contribution >= 4 is 11.8 Å². The topological polar surface area (TPSA) is 64.5 Å². The van der Waals surface area contributed by atoms with Crippen molar-refractivity contribution in [3.63, 3.8) is 0 Å². The van der Waals surface area contributed by atoms with Crippen LogP contribution in [-0.4, -0.2) is 42.7 Å². The van der Waals surface area contributed by atoms with Gasteiger partial charge >= 0.3 is 5.97 Å². The van der Waals surface area contributed by atoms with Gasteiger partial charge < -0.3 is 14.4 Å². The molecule has 0 saturated heterocycles. The van der Waals surface area contributed by atoms with Crippen molar-refractivity contribution in [2.24, 2.45) is 0 Å². The van der Waals surface area contributed by atoms with E-state index in [2.05, 4.69) is 14.7 Å². The number of methoxy groups -OCH3 is 1. The van der Waals surface area contributed by atoms with E-state index in [0.717, 1.165) is 12.4 Å². The highest BCUT2D eigenvalue weighted by Gasteiger charge is 2.11. The van der Waals surface area contributed by atoms with Crippen molar-refractivity contribution in [3.05, 3.63) is 11.9 Å². The van der Waals surface area contributed by atoms with Gasteiger partial charge in [0.25, 0.3) is 0 Å². The van der Waals surface area contributed by atoms with E-state index in [4.69, 9.17) is 4.74 Å². The van der Waals surface area contributed by atoms with Crippen LogP contribution in [0.1, 0.15) is 26.1 Å². The first-order valence-corrected chi connectivity index (χ1v) is 6.40. The number of rotatable bonds is 7. The molecule has 0 aromatic carbocycles. The van der Waals surface area contributed by atoms with E-state index in [1.54, 1.807) is 6.07 Å². The second-order valence-electron chi connectivity index (χ2n) is 3.95. The molecule has 1 rings (SSSR count). The predicted molar refractivity (Wildman–Crippen MR) is 72.5 cm³/mol. The molecule has 1 aromatic heterocycles. The molecule has 0 atom stereocenters. The van der Waals surface area contributed by atoms with Crippen LogP contribution < -0.4 is 9.64 Å². The number of nitrogens with zero attached hydrogens (tertiary/aromatic N) is 3. The molecule has 19 heavy (non-hydrogen) atoms. The number of carbonyl (C=O) groups is 1. The Morgan fingerprint density at radius 3 is 2.68 bits per heavy atom. The summed E-state index contributed by atoms with van der Waals surface area (Å²) in [4.78, 5) is 21.8. The van der Waals surface area contributed by atoms with Gasteiger partial charge in [0.2, 0.25) is 5.88 Å². The molecule has 0 saturated carbocycles. The zero-order valence-corrected chi connectivity index (χ0v) is 12.0. The zero-order valence-electron chi connectivity index (χ0n) is 12.0. The van der Waals surface area contributed by atoms with Gasteiger partial charge in [-0.2, -0.15) is 4.98 Å². The van der Waals surface area contributed by atoms with Crippen molar-refractivity contribution in [1.29, 1.82) is 0 Å². The maximum Gasteiger partial charge on any atom is 0.307 e. The molecule has 0 amide bonds. The number of ether oxygens (including phenoxy) is 2. The maximum atomic E-state index is 11.2. The molecule has 0 aliphatic heterocycles. The Hall–Kier alpha value is -1.85. The van der Waals surface area contributed by atoms with Crippen LogP contribution in [0.25, 0.3) is 0 Å². The Morgan fingerprint density at radius 2 is 2.11 bits per heavy atom. The molecular formula is C13H21N3O3. The van der Waals surface area contributed by atoms with Crippen molar-refractivity contribution in [1.82, 2.24) is 9.97 Å². The lowest BCUT2D eigenvalue weighted by molar-refractivity contribution is -0.140. The van der Waals surface area contributed by atoms with Crippen LogP contribution in [0.2, 0.25) is 0 Å². The Morgan fingerprint density at radius 1 is 1.37 bits per heavy atom. The van der Waals surface area contributed by atoms with Gasteiger partial charge in [0.15, 0.2) is 0 Å². The molecule has 1 aromatic rings. The summed E-state index contributed by atoms with van der Waals surface area (Å²) in [6, 6.07) is 1.79. The Labute approximate surface area is 113 Å². The molecule has 0 fully saturated rings. The Balaban J connectivity index is 2.82. The molecular weight excluding hydrogens is 246 g/mol. The predicted octanol–water partition coefficient (Wildman–Crippen LogP) is 1.57. The number of carbonyl (C=O) groups excluding carboxylic acids is 1. The van der Waals surface area contributed by atoms with Gasteiger partial charge in [-0.25, -0.2) is 4.98 Å². The van der Waals surface area contributed by atoms with E-state index in [0.29, 0.717) is 31.3 Å². The molecule has 0 bridgehead atoms. The van der Waals surface area contributed by atoms with E-state index in [1.165, 1.54) is 7.11 Å². The third-order valence-corrected chi connectivity index (χ3v) is 2.61. The maximum absolute atomic E-state index is 11.2. The third kappa shape index (κ3) is 4.73. The first-order valence-electron chi connectivity index (χ1n) is 6.40. The molecule has 0 spiro atoms. The highest BCUT2D eigenvalue weighted by Crippen LogP contribution is 2.17. The molecule has 1 heterocycles. The van der Waals surface area contributed by atoms with Crippen molar-refractivity contribution in [2.45, 2.75) is 27.2 Å². The lowest BCUT2D eigenvalue weighted by Crippen LogP contribution is -2.27. The van der Waals surface area contributed by atoms with Gasteiger partial charge in [-0.15, -0.1) is 0 Å². The minimum Gasteiger partial charge on any atom is -0.478 e. The second-order valence-corrected chi connectivity index (χ2v) is 3.95. The number of aryl methyl sites for hydroxylation is 1. The quantitative estimate of drug-likeness (QED) is 0.699. The smallest absolute Gasteiger partial charge is 0.307 e. The fourth-order valence-electron chi connectivity index (χ4n) is 1.67. The van der Waals surface area contributed by atoms with Gasteiger partial charge in [-0.05, 0) is 20.8 Å². The molecule has 6 heteroatoms. The summed E-state index contributed by atoms with van der Waals surface area (Å²) in [5, 5.41) is 0. The van der Waals surface area contributed by atoms with Crippen LogP contribution in [-0.2, 0) is 9.53 Å². The molecule has 0 N–H and O–H groups in total. The normalized spacial score (nSPS) is 10.1. The second kappa shape index (κ2) is 7.56. The molecule has 6 nitrogen and oxygen atoms in total. The van der Waals surface area contributed by atoms with Crippen LogP contribution in [0.5, 0.6) is 5.88 Å². The summed E-state index contributed by atoms with van der Waals surface area (Å²) >= 11 is 0. The van der Waals surface area contributed by atoms with Crippen LogP contribution in [0.15, 0.2) is 6.07 Å². The third-order valence-electron chi connectivity index (χ3n) is 2.61. The molecule has 106 valence electrons. The van der Waals surface area contributed by atoms with E-state index >= 15 is 0 Å². The standard InChI is InChI=1S/C13H21N3O3/c1-5-16(8-7-13(17)18-4)11-9-12(19-6-2)15-10(3)14-11/h9H,5-8H2,1-4H3. The number of esters is 1. The van der Waals surface area contributed by atoms with Crippen LogP contribution >= 0.6 is 0 Å². The van der Waals surface area contributed by atoms with Crippen molar-refractivity contribution in [2.75, 3.05) is 31.7 Å². The first kappa shape index (κ1) is 15.2. The fraction of sp³-hybridized carbons (Fsp3) is 0.615. The summed E-state index contributed by atoms with van der Waals surface area (Å²) < 4.78 is 10.0. The van der Waals surface area contributed by atoms with E-state index in [9.17, 15) is 4.79 Å². The Kier molecular flexibility index (Phi) is 6.05. The lowest BCUT2D eigenvalue weighted by Gasteiger charge is -2.22. The fourth-order valence-corrected chi connectivity index (χ4v) is 1.67. The van der Waals surface area contributed by atoms with Gasteiger partial charge in [0, 0.05) is 19.2 Å². The number of aromatic nitrogens is 2. The summed E-state index contributed by atoms with van der Waals surface area (Å²) in [7, 11) is 1.39. The summed E-state index contributed by atoms with van der Waals surface area (Å²) in [6.07, 6.45) is 0.331. The van der Waals surface area contributed by atoms with Gasteiger partial charge in [-0.1, -0.05) is 0 Å². The summed E-state index contributed by atoms with van der Waals surface area (Å²) in [6.45, 7) is 7.61. The molecule has 0 radical (unpaired) electrons. The minimum atomic E-state index is -0.228. The number of hydrogen-bond acceptors (Lipinski definition) is 6. The Bertz CT molecular complexity index is 424. The largest absolute Gasteiger partial charge is 0.478 e. The molecule has 0 unspecified atom stereocenters. The van der Waals surface area contributed by atoms with Gasteiger partial charge in [0.05, 0.1) is 20.1 Å². The summed E-state index contributed by atoms with van der Waals surface area (Å²) in [5.74, 6) is 1.75. The number of anilines is 1. The SMILES string of the molecule is CCOc1cc(N(CC)CCC(=O)OC)nc(C)n1. The van der Waals surface area contributed by atoms with E-state index in [-0.39, 0.29) is 5.97 Å². The van der Waals surface area contributed by atoms with E-state index in [1.807, 2.05) is 25.7 Å². The summed E-state index contributed by atoms with van der Waals surface area (Å²) in [5.41, 5.74) is 0. The van der Waals surface area contributed by atoms with Crippen LogP contribution in [0.4, 0.5) is 5.82 Å². The molecule has 0 aliphatic carbocycles. The first-order chi connectivity index (χ1) is 9.10. The molecule has 0 aliphatic rings. The number of hydrogen-bond donors (Lipinski definition) is 0. The lowest BCUT2D eigenvalue weighted by atomic mass is 10.3. The van der Waals surface area contributed by atoms with Gasteiger partial charge in [0.1, 0.15) is 11.6 Å². The van der Waals surface area contributed by atoms with Gasteiger partial charge in [-0.3, -0.25) is 4.79 Å². The van der Waals surface area contributed by atoms with Crippen LogP contribution in [0, 0.1) is 6.92 Å². The van der Waals surface area contributed by atoms with Crippen molar-refractivity contribution in [3.8, 4) is 5.88 Å². The average Bonchev–Trinajstić information content (AvgIpc) is 2.39. The van der Waals surface area contributed by atoms with E-state index < -0.39 is 0 Å². The average molecular weight is 267 g/mol.